The molecule has 0 radical (unpaired) electrons. The molecule has 1 saturated carbocycles. The molecule has 0 bridgehead atoms. The molecule has 1 aromatic heterocycles. The minimum absolute atomic E-state index is 0.0577. The number of ketones is 1. The lowest BCUT2D eigenvalue weighted by molar-refractivity contribution is -0.139. The lowest BCUT2D eigenvalue weighted by atomic mass is 9.83. The Morgan fingerprint density at radius 3 is 2.49 bits per heavy atom. The number of carbonyl (C=O) groups is 3. The first-order valence-corrected chi connectivity index (χ1v) is 13.3. The number of hydrogen-bond acceptors (Lipinski definition) is 6. The number of hydrogen-bond donors (Lipinski definition) is 2. The summed E-state index contributed by atoms with van der Waals surface area (Å²) in [5.41, 5.74) is 0.678. The Kier molecular flexibility index (Phi) is 8.28. The van der Waals surface area contributed by atoms with Crippen molar-refractivity contribution in [1.29, 1.82) is 0 Å². The van der Waals surface area contributed by atoms with Gasteiger partial charge >= 0.3 is 0 Å². The van der Waals surface area contributed by atoms with Crippen molar-refractivity contribution in [3.63, 3.8) is 0 Å². The van der Waals surface area contributed by atoms with Crippen molar-refractivity contribution >= 4 is 28.9 Å². The van der Waals surface area contributed by atoms with Gasteiger partial charge in [-0.05, 0) is 69.8 Å². The molecule has 2 aliphatic rings. The van der Waals surface area contributed by atoms with Crippen LogP contribution in [0.25, 0.3) is 0 Å². The van der Waals surface area contributed by atoms with Crippen LogP contribution in [0.15, 0.2) is 29.6 Å². The topological polar surface area (TPSA) is 91.4 Å². The Morgan fingerprint density at radius 1 is 1.09 bits per heavy atom. The summed E-state index contributed by atoms with van der Waals surface area (Å²) in [4.78, 5) is 45.8. The van der Waals surface area contributed by atoms with Crippen LogP contribution in [0.3, 0.4) is 0 Å². The summed E-state index contributed by atoms with van der Waals surface area (Å²) in [6, 6.07) is 4.25. The maximum atomic E-state index is 13.8. The number of aromatic nitrogens is 1. The van der Waals surface area contributed by atoms with E-state index in [1.165, 1.54) is 35.6 Å². The van der Waals surface area contributed by atoms with Gasteiger partial charge in [0.05, 0.1) is 12.1 Å². The first-order valence-electron chi connectivity index (χ1n) is 12.4. The lowest BCUT2D eigenvalue weighted by Gasteiger charge is -2.35. The number of halogens is 1. The highest BCUT2D eigenvalue weighted by molar-refractivity contribution is 7.10. The first-order chi connectivity index (χ1) is 16.9. The number of thiazole rings is 1. The van der Waals surface area contributed by atoms with E-state index in [1.54, 1.807) is 19.4 Å². The molecule has 2 heterocycles. The van der Waals surface area contributed by atoms with E-state index >= 15 is 0 Å². The van der Waals surface area contributed by atoms with Crippen molar-refractivity contribution in [1.82, 2.24) is 20.5 Å². The van der Waals surface area contributed by atoms with Crippen LogP contribution in [0.4, 0.5) is 4.39 Å². The minimum Gasteiger partial charge on any atom is -0.343 e. The molecule has 0 unspecified atom stereocenters. The largest absolute Gasteiger partial charge is 0.343 e. The molecule has 3 atom stereocenters. The van der Waals surface area contributed by atoms with Gasteiger partial charge in [0.25, 0.3) is 0 Å². The van der Waals surface area contributed by atoms with Crippen LogP contribution in [0.2, 0.25) is 0 Å². The van der Waals surface area contributed by atoms with Gasteiger partial charge in [0.15, 0.2) is 0 Å². The number of likely N-dealkylation sites (tertiary alicyclic amines) is 1. The van der Waals surface area contributed by atoms with E-state index in [0.717, 1.165) is 50.0 Å². The molecule has 35 heavy (non-hydrogen) atoms. The molecule has 1 saturated heterocycles. The maximum Gasteiger partial charge on any atom is 0.246 e. The molecule has 4 rings (SSSR count). The van der Waals surface area contributed by atoms with Gasteiger partial charge in [-0.1, -0.05) is 19.3 Å². The summed E-state index contributed by atoms with van der Waals surface area (Å²) in [5, 5.41) is 8.42. The smallest absolute Gasteiger partial charge is 0.246 e. The predicted octanol–water partition coefficient (Wildman–Crippen LogP) is 3.85. The molecule has 1 aliphatic heterocycles. The second kappa shape index (κ2) is 11.4. The van der Waals surface area contributed by atoms with Crippen LogP contribution in [-0.4, -0.2) is 53.2 Å². The summed E-state index contributed by atoms with van der Waals surface area (Å²) in [6.07, 6.45) is 6.76. The molecule has 2 aromatic rings. The third-order valence-electron chi connectivity index (χ3n) is 7.19. The second-order valence-electron chi connectivity index (χ2n) is 9.49. The Balaban J connectivity index is 1.53. The quantitative estimate of drug-likeness (QED) is 0.538. The highest BCUT2D eigenvalue weighted by Crippen LogP contribution is 2.36. The van der Waals surface area contributed by atoms with E-state index in [2.05, 4.69) is 15.6 Å². The summed E-state index contributed by atoms with van der Waals surface area (Å²) >= 11 is 1.37. The highest BCUT2D eigenvalue weighted by atomic mass is 32.1. The standard InChI is InChI=1S/C26H33FN4O3S/c1-16(28-2)24(33)30-22(17-7-4-3-5-8-17)26(34)31-14-6-9-21(31)25-29-20(15-35-25)23(32)18-10-12-19(27)13-11-18/h10-13,15-17,21-22,28H,3-9,14H2,1-2H3,(H,30,33)/t16-,21+,22+/m0/s1. The fourth-order valence-corrected chi connectivity index (χ4v) is 5.96. The fraction of sp³-hybridized carbons (Fsp3) is 0.538. The molecular weight excluding hydrogens is 467 g/mol. The monoisotopic (exact) mass is 500 g/mol. The van der Waals surface area contributed by atoms with Crippen molar-refractivity contribution in [3.05, 3.63) is 51.7 Å². The van der Waals surface area contributed by atoms with Crippen LogP contribution in [0.5, 0.6) is 0 Å². The summed E-state index contributed by atoms with van der Waals surface area (Å²) < 4.78 is 13.2. The molecule has 9 heteroatoms. The van der Waals surface area contributed by atoms with E-state index in [4.69, 9.17) is 0 Å². The molecule has 7 nitrogen and oxygen atoms in total. The fourth-order valence-electron chi connectivity index (χ4n) is 5.02. The van der Waals surface area contributed by atoms with Crippen LogP contribution in [0.1, 0.15) is 79.0 Å². The van der Waals surface area contributed by atoms with E-state index in [1.807, 2.05) is 4.90 Å². The zero-order valence-electron chi connectivity index (χ0n) is 20.3. The third kappa shape index (κ3) is 5.78. The van der Waals surface area contributed by atoms with Crippen LogP contribution in [0, 0.1) is 11.7 Å². The Hall–Kier alpha value is -2.65. The van der Waals surface area contributed by atoms with Gasteiger partial charge in [0, 0.05) is 17.5 Å². The molecule has 1 aliphatic carbocycles. The number of nitrogens with zero attached hydrogens (tertiary/aromatic N) is 2. The molecule has 0 spiro atoms. The van der Waals surface area contributed by atoms with Crippen LogP contribution >= 0.6 is 11.3 Å². The van der Waals surface area contributed by atoms with Crippen molar-refractivity contribution in [2.45, 2.75) is 70.0 Å². The zero-order valence-corrected chi connectivity index (χ0v) is 21.1. The van der Waals surface area contributed by atoms with Crippen molar-refractivity contribution in [3.8, 4) is 0 Å². The Bertz CT molecular complexity index is 1050. The number of nitrogens with one attached hydrogen (secondary N) is 2. The second-order valence-corrected chi connectivity index (χ2v) is 10.4. The summed E-state index contributed by atoms with van der Waals surface area (Å²) in [6.45, 7) is 2.39. The molecular formula is C26H33FN4O3S. The van der Waals surface area contributed by atoms with Crippen LogP contribution < -0.4 is 10.6 Å². The highest BCUT2D eigenvalue weighted by Gasteiger charge is 2.40. The van der Waals surface area contributed by atoms with Crippen molar-refractivity contribution in [2.75, 3.05) is 13.6 Å². The molecule has 2 fully saturated rings. The van der Waals surface area contributed by atoms with E-state index in [0.29, 0.717) is 17.8 Å². The SMILES string of the molecule is CN[C@@H](C)C(=O)N[C@@H](C(=O)N1CCC[C@@H]1c1nc(C(=O)c2ccc(F)cc2)cs1)C1CCCCC1. The van der Waals surface area contributed by atoms with Crippen molar-refractivity contribution in [2.24, 2.45) is 5.92 Å². The molecule has 2 N–H and O–H groups in total. The van der Waals surface area contributed by atoms with Gasteiger partial charge in [0.2, 0.25) is 17.6 Å². The van der Waals surface area contributed by atoms with Gasteiger partial charge in [-0.2, -0.15) is 0 Å². The summed E-state index contributed by atoms with van der Waals surface area (Å²) in [7, 11) is 1.73. The zero-order chi connectivity index (χ0) is 24.9. The normalized spacial score (nSPS) is 20.4. The van der Waals surface area contributed by atoms with E-state index in [-0.39, 0.29) is 35.6 Å². The average molecular weight is 501 g/mol. The van der Waals surface area contributed by atoms with Gasteiger partial charge in [0.1, 0.15) is 22.6 Å². The number of carbonyl (C=O) groups excluding carboxylic acids is 3. The van der Waals surface area contributed by atoms with E-state index < -0.39 is 11.9 Å². The lowest BCUT2D eigenvalue weighted by Crippen LogP contribution is -2.55. The Labute approximate surface area is 209 Å². The van der Waals surface area contributed by atoms with Gasteiger partial charge in [-0.25, -0.2) is 9.37 Å². The molecule has 188 valence electrons. The maximum absolute atomic E-state index is 13.8. The number of benzene rings is 1. The first kappa shape index (κ1) is 25.4. The van der Waals surface area contributed by atoms with Crippen LogP contribution in [-0.2, 0) is 9.59 Å². The van der Waals surface area contributed by atoms with Crippen molar-refractivity contribution < 1.29 is 18.8 Å². The number of amides is 2. The number of likely N-dealkylation sites (N-methyl/N-ethyl adjacent to an activating group) is 1. The molecule has 2 amide bonds. The molecule has 1 aromatic carbocycles. The van der Waals surface area contributed by atoms with Gasteiger partial charge in [-0.15, -0.1) is 11.3 Å². The Morgan fingerprint density at radius 2 is 1.80 bits per heavy atom. The van der Waals surface area contributed by atoms with Gasteiger partial charge in [-0.3, -0.25) is 14.4 Å². The summed E-state index contributed by atoms with van der Waals surface area (Å²) in [5.74, 6) is -0.773. The third-order valence-corrected chi connectivity index (χ3v) is 8.14. The average Bonchev–Trinajstić information content (AvgIpc) is 3.56. The van der Waals surface area contributed by atoms with E-state index in [9.17, 15) is 18.8 Å². The predicted molar refractivity (Wildman–Crippen MR) is 133 cm³/mol. The van der Waals surface area contributed by atoms with Gasteiger partial charge < -0.3 is 15.5 Å². The minimum atomic E-state index is -0.556. The number of rotatable bonds is 8.